The quantitative estimate of drug-likeness (QED) is 0.845. The Labute approximate surface area is 106 Å². The lowest BCUT2D eigenvalue weighted by Gasteiger charge is -2.23. The minimum Gasteiger partial charge on any atom is -0.403 e. The lowest BCUT2D eigenvalue weighted by Crippen LogP contribution is -2.35. The Morgan fingerprint density at radius 1 is 1.32 bits per heavy atom. The third-order valence-electron chi connectivity index (χ3n) is 2.80. The standard InChI is InChI=1S/C12H11F4NO2/c13-10-7(11-8(18)4-2-6-17-11)3-1-5-9(10)19-12(14,15)16/h1,3,5,11,17H,2,4,6H2. The van der Waals surface area contributed by atoms with E-state index in [0.717, 1.165) is 6.07 Å². The molecule has 1 saturated heterocycles. The molecule has 19 heavy (non-hydrogen) atoms. The Morgan fingerprint density at radius 2 is 2.05 bits per heavy atom. The van der Waals surface area contributed by atoms with Gasteiger partial charge in [0.1, 0.15) is 0 Å². The number of piperidine rings is 1. The Bertz CT molecular complexity index is 487. The number of carbonyl (C=O) groups excluding carboxylic acids is 1. The molecule has 0 radical (unpaired) electrons. The Balaban J connectivity index is 2.31. The summed E-state index contributed by atoms with van der Waals surface area (Å²) >= 11 is 0. The molecule has 1 N–H and O–H groups in total. The van der Waals surface area contributed by atoms with E-state index in [1.54, 1.807) is 0 Å². The summed E-state index contributed by atoms with van der Waals surface area (Å²) in [6.07, 6.45) is -4.05. The van der Waals surface area contributed by atoms with E-state index < -0.39 is 24.0 Å². The average Bonchev–Trinajstić information content (AvgIpc) is 2.31. The van der Waals surface area contributed by atoms with E-state index in [1.807, 2.05) is 0 Å². The van der Waals surface area contributed by atoms with E-state index in [2.05, 4.69) is 10.1 Å². The molecule has 1 aromatic rings. The van der Waals surface area contributed by atoms with Crippen LogP contribution in [-0.4, -0.2) is 18.7 Å². The molecule has 104 valence electrons. The molecule has 1 heterocycles. The molecule has 1 atom stereocenters. The highest BCUT2D eigenvalue weighted by Gasteiger charge is 2.34. The lowest BCUT2D eigenvalue weighted by molar-refractivity contribution is -0.275. The van der Waals surface area contributed by atoms with Gasteiger partial charge in [0.05, 0.1) is 6.04 Å². The van der Waals surface area contributed by atoms with Crippen LogP contribution in [0, 0.1) is 5.82 Å². The number of Topliss-reactive ketones (excluding diaryl/α,β-unsaturated/α-hetero) is 1. The highest BCUT2D eigenvalue weighted by molar-refractivity contribution is 5.86. The van der Waals surface area contributed by atoms with Crippen LogP contribution in [0.25, 0.3) is 0 Å². The van der Waals surface area contributed by atoms with Gasteiger partial charge in [-0.25, -0.2) is 4.39 Å². The van der Waals surface area contributed by atoms with Gasteiger partial charge in [-0.15, -0.1) is 13.2 Å². The molecule has 1 unspecified atom stereocenters. The highest BCUT2D eigenvalue weighted by Crippen LogP contribution is 2.31. The first kappa shape index (κ1) is 13.8. The molecule has 2 rings (SSSR count). The van der Waals surface area contributed by atoms with Crippen LogP contribution in [0.15, 0.2) is 18.2 Å². The summed E-state index contributed by atoms with van der Waals surface area (Å²) in [5, 5.41) is 2.79. The SMILES string of the molecule is O=C1CCCNC1c1cccc(OC(F)(F)F)c1F. The summed E-state index contributed by atoms with van der Waals surface area (Å²) in [4.78, 5) is 11.7. The van der Waals surface area contributed by atoms with Crippen molar-refractivity contribution in [1.82, 2.24) is 5.32 Å². The third kappa shape index (κ3) is 3.23. The molecule has 0 aliphatic carbocycles. The first-order valence-electron chi connectivity index (χ1n) is 5.69. The lowest BCUT2D eigenvalue weighted by atomic mass is 9.95. The zero-order chi connectivity index (χ0) is 14.0. The highest BCUT2D eigenvalue weighted by atomic mass is 19.4. The summed E-state index contributed by atoms with van der Waals surface area (Å²) in [5.41, 5.74) is -0.119. The molecule has 0 spiro atoms. The van der Waals surface area contributed by atoms with Crippen molar-refractivity contribution in [1.29, 1.82) is 0 Å². The number of halogens is 4. The largest absolute Gasteiger partial charge is 0.573 e. The van der Waals surface area contributed by atoms with Crippen LogP contribution in [0.2, 0.25) is 0 Å². The molecule has 0 bridgehead atoms. The van der Waals surface area contributed by atoms with Gasteiger partial charge in [-0.1, -0.05) is 12.1 Å². The summed E-state index contributed by atoms with van der Waals surface area (Å²) in [6, 6.07) is 2.47. The topological polar surface area (TPSA) is 38.3 Å². The van der Waals surface area contributed by atoms with Crippen molar-refractivity contribution in [3.63, 3.8) is 0 Å². The minimum absolute atomic E-state index is 0.119. The Hall–Kier alpha value is -1.63. The number of nitrogens with one attached hydrogen (secondary N) is 1. The average molecular weight is 277 g/mol. The second-order valence-electron chi connectivity index (χ2n) is 4.16. The van der Waals surface area contributed by atoms with Crippen LogP contribution in [0.4, 0.5) is 17.6 Å². The van der Waals surface area contributed by atoms with Gasteiger partial charge >= 0.3 is 6.36 Å². The van der Waals surface area contributed by atoms with Crippen molar-refractivity contribution in [2.45, 2.75) is 25.2 Å². The number of ketones is 1. The van der Waals surface area contributed by atoms with Crippen LogP contribution in [-0.2, 0) is 4.79 Å². The molecular formula is C12H11F4NO2. The molecule has 7 heteroatoms. The van der Waals surface area contributed by atoms with Crippen molar-refractivity contribution in [3.05, 3.63) is 29.6 Å². The van der Waals surface area contributed by atoms with Gasteiger partial charge in [-0.05, 0) is 19.0 Å². The fourth-order valence-electron chi connectivity index (χ4n) is 2.00. The minimum atomic E-state index is -4.97. The fraction of sp³-hybridized carbons (Fsp3) is 0.417. The van der Waals surface area contributed by atoms with Crippen molar-refractivity contribution < 1.29 is 27.1 Å². The molecule has 0 aromatic heterocycles. The number of benzene rings is 1. The molecule has 0 saturated carbocycles. The number of ether oxygens (including phenoxy) is 1. The van der Waals surface area contributed by atoms with Crippen molar-refractivity contribution >= 4 is 5.78 Å². The van der Waals surface area contributed by atoms with E-state index in [-0.39, 0.29) is 17.8 Å². The van der Waals surface area contributed by atoms with Gasteiger partial charge in [0.15, 0.2) is 17.3 Å². The summed E-state index contributed by atoms with van der Waals surface area (Å²) in [6.45, 7) is 0.514. The van der Waals surface area contributed by atoms with Crippen LogP contribution in [0.1, 0.15) is 24.4 Å². The molecule has 1 fully saturated rings. The van der Waals surface area contributed by atoms with E-state index in [0.29, 0.717) is 13.0 Å². The van der Waals surface area contributed by atoms with Gasteiger partial charge in [0.2, 0.25) is 0 Å². The molecular weight excluding hydrogens is 266 g/mol. The Morgan fingerprint density at radius 3 is 2.68 bits per heavy atom. The number of carbonyl (C=O) groups is 1. The number of rotatable bonds is 2. The first-order chi connectivity index (χ1) is 8.88. The van der Waals surface area contributed by atoms with Crippen molar-refractivity contribution in [2.75, 3.05) is 6.54 Å². The van der Waals surface area contributed by atoms with Crippen LogP contribution < -0.4 is 10.1 Å². The number of hydrogen-bond donors (Lipinski definition) is 1. The van der Waals surface area contributed by atoms with Gasteiger partial charge in [0.25, 0.3) is 0 Å². The van der Waals surface area contributed by atoms with E-state index >= 15 is 0 Å². The maximum Gasteiger partial charge on any atom is 0.573 e. The van der Waals surface area contributed by atoms with Gasteiger partial charge in [-0.3, -0.25) is 4.79 Å². The van der Waals surface area contributed by atoms with Gasteiger partial charge < -0.3 is 10.1 Å². The second kappa shape index (κ2) is 5.16. The molecule has 1 aliphatic heterocycles. The predicted octanol–water partition coefficient (Wildman–Crippen LogP) is 2.72. The van der Waals surface area contributed by atoms with Crippen LogP contribution >= 0.6 is 0 Å². The molecule has 3 nitrogen and oxygen atoms in total. The molecule has 1 aromatic carbocycles. The maximum atomic E-state index is 13.9. The van der Waals surface area contributed by atoms with E-state index in [9.17, 15) is 22.4 Å². The predicted molar refractivity (Wildman–Crippen MR) is 58.1 cm³/mol. The monoisotopic (exact) mass is 277 g/mol. The van der Waals surface area contributed by atoms with Gasteiger partial charge in [0, 0.05) is 12.0 Å². The fourth-order valence-corrected chi connectivity index (χ4v) is 2.00. The zero-order valence-electron chi connectivity index (χ0n) is 9.76. The maximum absolute atomic E-state index is 13.9. The van der Waals surface area contributed by atoms with Crippen molar-refractivity contribution in [3.8, 4) is 5.75 Å². The van der Waals surface area contributed by atoms with Gasteiger partial charge in [-0.2, -0.15) is 0 Å². The summed E-state index contributed by atoms with van der Waals surface area (Å²) in [7, 11) is 0. The zero-order valence-corrected chi connectivity index (χ0v) is 9.76. The van der Waals surface area contributed by atoms with E-state index in [1.165, 1.54) is 12.1 Å². The Kier molecular flexibility index (Phi) is 3.75. The first-order valence-corrected chi connectivity index (χ1v) is 5.69. The molecule has 1 aliphatic rings. The van der Waals surface area contributed by atoms with Crippen LogP contribution in [0.3, 0.4) is 0 Å². The van der Waals surface area contributed by atoms with E-state index in [4.69, 9.17) is 0 Å². The number of alkyl halides is 3. The number of hydrogen-bond acceptors (Lipinski definition) is 3. The summed E-state index contributed by atoms with van der Waals surface area (Å²) in [5.74, 6) is -2.33. The normalized spacial score (nSPS) is 20.4. The molecule has 0 amide bonds. The summed E-state index contributed by atoms with van der Waals surface area (Å²) < 4.78 is 53.8. The van der Waals surface area contributed by atoms with Crippen molar-refractivity contribution in [2.24, 2.45) is 0 Å². The second-order valence-corrected chi connectivity index (χ2v) is 4.16. The third-order valence-corrected chi connectivity index (χ3v) is 2.80. The van der Waals surface area contributed by atoms with Crippen LogP contribution in [0.5, 0.6) is 5.75 Å². The smallest absolute Gasteiger partial charge is 0.403 e.